The van der Waals surface area contributed by atoms with Crippen LogP contribution < -0.4 is 9.47 Å². The molecule has 6 aromatic rings. The van der Waals surface area contributed by atoms with Crippen molar-refractivity contribution in [2.45, 2.75) is 38.6 Å². The number of carbonyl (C=O) groups is 4. The molecule has 0 saturated heterocycles. The zero-order valence-corrected chi connectivity index (χ0v) is 34.6. The van der Waals surface area contributed by atoms with Gasteiger partial charge in [-0.05, 0) is 109 Å². The number of benzene rings is 4. The predicted octanol–water partition coefficient (Wildman–Crippen LogP) is 10.2. The van der Waals surface area contributed by atoms with Gasteiger partial charge in [-0.1, -0.05) is 70.1 Å². The second kappa shape index (κ2) is 22.3. The van der Waals surface area contributed by atoms with Crippen LogP contribution in [0.15, 0.2) is 134 Å². The van der Waals surface area contributed by atoms with Gasteiger partial charge in [0.1, 0.15) is 24.7 Å². The van der Waals surface area contributed by atoms with Crippen molar-refractivity contribution in [1.29, 1.82) is 0 Å². The molecule has 0 aliphatic rings. The van der Waals surface area contributed by atoms with Crippen LogP contribution >= 0.6 is 46.4 Å². The Kier molecular flexibility index (Phi) is 17.3. The van der Waals surface area contributed by atoms with Gasteiger partial charge in [0, 0.05) is 35.3 Å². The molecule has 0 fully saturated rings. The summed E-state index contributed by atoms with van der Waals surface area (Å²) in [5, 5.41) is 0. The van der Waals surface area contributed by atoms with Crippen molar-refractivity contribution in [3.05, 3.63) is 190 Å². The molecule has 0 unspecified atom stereocenters. The predicted molar refractivity (Wildman–Crippen MR) is 229 cm³/mol. The monoisotopic (exact) mass is 856 g/mol. The molecule has 0 N–H and O–H groups in total. The van der Waals surface area contributed by atoms with E-state index in [4.69, 9.17) is 18.9 Å². The lowest BCUT2D eigenvalue weighted by molar-refractivity contribution is 0.0462. The molecule has 4 aromatic carbocycles. The molecule has 0 bridgehead atoms. The molecule has 10 nitrogen and oxygen atoms in total. The van der Waals surface area contributed by atoms with Gasteiger partial charge < -0.3 is 18.9 Å². The number of nitrogens with zero attached hydrogens (tertiary/aromatic N) is 2. The average molecular weight is 858 g/mol. The molecule has 298 valence electrons. The Morgan fingerprint density at radius 1 is 0.466 bits per heavy atom. The number of aryl methyl sites for hydroxylation is 2. The summed E-state index contributed by atoms with van der Waals surface area (Å²) in [5.74, 6) is -0.499. The van der Waals surface area contributed by atoms with Gasteiger partial charge in [0.15, 0.2) is 0 Å². The number of hydrogen-bond acceptors (Lipinski definition) is 12. The summed E-state index contributed by atoms with van der Waals surface area (Å²) >= 11 is 0. The number of carbonyl (C=O) groups excluding carboxylic acids is 4. The van der Waals surface area contributed by atoms with E-state index < -0.39 is 23.9 Å². The van der Waals surface area contributed by atoms with Crippen LogP contribution in [-0.2, 0) is 34.2 Å². The van der Waals surface area contributed by atoms with Crippen molar-refractivity contribution in [3.63, 3.8) is 0 Å². The number of esters is 4. The normalized spacial score (nSPS) is 10.3. The van der Waals surface area contributed by atoms with Crippen molar-refractivity contribution in [2.24, 2.45) is 0 Å². The van der Waals surface area contributed by atoms with E-state index in [9.17, 15) is 19.2 Å². The smallest absolute Gasteiger partial charge is 0.343 e. The van der Waals surface area contributed by atoms with Gasteiger partial charge in [-0.15, -0.1) is 24.8 Å². The van der Waals surface area contributed by atoms with E-state index in [1.807, 2.05) is 38.1 Å². The molecule has 0 saturated carbocycles. The van der Waals surface area contributed by atoms with E-state index in [2.05, 4.69) is 9.97 Å². The van der Waals surface area contributed by atoms with Crippen LogP contribution in [0.3, 0.4) is 0 Å². The van der Waals surface area contributed by atoms with Crippen LogP contribution in [0.1, 0.15) is 75.1 Å². The Morgan fingerprint density at radius 2 is 0.845 bits per heavy atom. The maximum atomic E-state index is 13.0. The molecule has 2 heterocycles. The number of ether oxygens (including phenoxy) is 4. The van der Waals surface area contributed by atoms with Crippen LogP contribution in [0.2, 0.25) is 0 Å². The van der Waals surface area contributed by atoms with Crippen LogP contribution in [0.25, 0.3) is 0 Å². The summed E-state index contributed by atoms with van der Waals surface area (Å²) < 4.78 is 22.3. The highest BCUT2D eigenvalue weighted by Crippen LogP contribution is 2.32. The highest BCUT2D eigenvalue weighted by atomic mass is 35.5. The SMILES string of the molecule is Cc1cc(COC(=O)c2cccc(OC(=O)c3ccccc3)c2)c(CSSCc2cnc(C)cc2COC(=O)c2cccc(OC(=O)c3ccccc3)c2)cn1.Cl.Cl. The molecular weight excluding hydrogens is 820 g/mol. The van der Waals surface area contributed by atoms with E-state index in [-0.39, 0.29) is 60.7 Å². The fourth-order valence-corrected chi connectivity index (χ4v) is 7.54. The zero-order chi connectivity index (χ0) is 39.3. The zero-order valence-electron chi connectivity index (χ0n) is 31.3. The third-order valence-electron chi connectivity index (χ3n) is 8.25. The van der Waals surface area contributed by atoms with Crippen molar-refractivity contribution < 1.29 is 38.1 Å². The van der Waals surface area contributed by atoms with E-state index in [1.165, 1.54) is 12.1 Å². The lowest BCUT2D eigenvalue weighted by atomic mass is 10.1. The van der Waals surface area contributed by atoms with Gasteiger partial charge in [0.2, 0.25) is 0 Å². The maximum absolute atomic E-state index is 13.0. The molecule has 0 atom stereocenters. The Morgan fingerprint density at radius 3 is 1.24 bits per heavy atom. The molecule has 0 amide bonds. The van der Waals surface area contributed by atoms with Crippen LogP contribution in [0.5, 0.6) is 11.5 Å². The molecule has 0 radical (unpaired) electrons. The molecule has 0 spiro atoms. The minimum absolute atomic E-state index is 0. The van der Waals surface area contributed by atoms with Crippen LogP contribution in [-0.4, -0.2) is 33.8 Å². The summed E-state index contributed by atoms with van der Waals surface area (Å²) in [6.45, 7) is 3.81. The van der Waals surface area contributed by atoms with Gasteiger partial charge in [0.25, 0.3) is 0 Å². The number of hydrogen-bond donors (Lipinski definition) is 0. The lowest BCUT2D eigenvalue weighted by Gasteiger charge is -2.13. The van der Waals surface area contributed by atoms with E-state index in [0.29, 0.717) is 22.6 Å². The number of aromatic nitrogens is 2. The first-order valence-electron chi connectivity index (χ1n) is 17.4. The Hall–Kier alpha value is -5.66. The molecule has 2 aromatic heterocycles. The average Bonchev–Trinajstić information content (AvgIpc) is 3.22. The lowest BCUT2D eigenvalue weighted by Crippen LogP contribution is -2.10. The van der Waals surface area contributed by atoms with Crippen LogP contribution in [0, 0.1) is 13.8 Å². The molecule has 58 heavy (non-hydrogen) atoms. The maximum Gasteiger partial charge on any atom is 0.343 e. The highest BCUT2D eigenvalue weighted by Gasteiger charge is 2.16. The first-order valence-corrected chi connectivity index (χ1v) is 19.9. The third kappa shape index (κ3) is 12.9. The number of halogens is 2. The topological polar surface area (TPSA) is 131 Å². The highest BCUT2D eigenvalue weighted by molar-refractivity contribution is 8.76. The van der Waals surface area contributed by atoms with Gasteiger partial charge in [-0.25, -0.2) is 19.2 Å². The second-order valence-electron chi connectivity index (χ2n) is 12.4. The quantitative estimate of drug-likeness (QED) is 0.0422. The summed E-state index contributed by atoms with van der Waals surface area (Å²) in [7, 11) is 3.21. The van der Waals surface area contributed by atoms with E-state index >= 15 is 0 Å². The Bertz CT molecular complexity index is 2190. The van der Waals surface area contributed by atoms with Crippen molar-refractivity contribution >= 4 is 70.3 Å². The van der Waals surface area contributed by atoms with Gasteiger partial charge in [-0.2, -0.15) is 0 Å². The van der Waals surface area contributed by atoms with Crippen molar-refractivity contribution in [1.82, 2.24) is 9.97 Å². The molecule has 0 aliphatic heterocycles. The molecule has 0 aliphatic carbocycles. The van der Waals surface area contributed by atoms with Crippen molar-refractivity contribution in [3.8, 4) is 11.5 Å². The Labute approximate surface area is 356 Å². The van der Waals surface area contributed by atoms with E-state index in [1.54, 1.807) is 119 Å². The Balaban J connectivity index is 0.00000372. The standard InChI is InChI=1S/C44H36N2O8S2.2ClH/c1-29-19-35(25-51-41(47)33-15-9-17-39(21-33)53-43(49)31-11-5-3-6-12-31)37(23-45-29)27-55-56-28-38-24-46-30(2)20-36(38)26-52-42(48)34-16-10-18-40(22-34)54-44(50)32-13-7-4-8-14-32;;/h3-24H,25-28H2,1-2H3;2*1H. The minimum atomic E-state index is -0.552. The first-order chi connectivity index (χ1) is 27.2. The third-order valence-corrected chi connectivity index (χ3v) is 10.5. The van der Waals surface area contributed by atoms with Crippen LogP contribution in [0.4, 0.5) is 0 Å². The van der Waals surface area contributed by atoms with Gasteiger partial charge in [0.05, 0.1) is 22.3 Å². The molecule has 6 rings (SSSR count). The summed E-state index contributed by atoms with van der Waals surface area (Å²) in [4.78, 5) is 59.9. The number of rotatable bonds is 15. The first kappa shape index (κ1) is 45.0. The summed E-state index contributed by atoms with van der Waals surface area (Å²) in [5.41, 5.74) is 6.38. The van der Waals surface area contributed by atoms with E-state index in [0.717, 1.165) is 33.6 Å². The summed E-state index contributed by atoms with van der Waals surface area (Å²) in [6.07, 6.45) is 3.57. The van der Waals surface area contributed by atoms with Gasteiger partial charge >= 0.3 is 23.9 Å². The number of pyridine rings is 2. The fraction of sp³-hybridized carbons (Fsp3) is 0.136. The second-order valence-corrected chi connectivity index (χ2v) is 14.9. The largest absolute Gasteiger partial charge is 0.457 e. The molecule has 14 heteroatoms. The minimum Gasteiger partial charge on any atom is -0.457 e. The molecular formula is C44H38Cl2N2O8S2. The van der Waals surface area contributed by atoms with Gasteiger partial charge in [-0.3, -0.25) is 9.97 Å². The summed E-state index contributed by atoms with van der Waals surface area (Å²) in [6, 6.07) is 33.6. The fourth-order valence-electron chi connectivity index (χ4n) is 5.34. The van der Waals surface area contributed by atoms with Crippen molar-refractivity contribution in [2.75, 3.05) is 0 Å².